The molecule has 1 atom stereocenters. The van der Waals surface area contributed by atoms with Crippen molar-refractivity contribution in [2.24, 2.45) is 4.99 Å². The Morgan fingerprint density at radius 1 is 1.06 bits per heavy atom. The molecule has 1 aliphatic heterocycles. The minimum absolute atomic E-state index is 0.250. The SMILES string of the molecule is CC1(c2cccc(Br)c2)N=Cc2ccccc21. The van der Waals surface area contributed by atoms with Crippen LogP contribution in [0.25, 0.3) is 0 Å². The van der Waals surface area contributed by atoms with Gasteiger partial charge in [0.05, 0.1) is 0 Å². The van der Waals surface area contributed by atoms with Gasteiger partial charge in [-0.1, -0.05) is 52.3 Å². The van der Waals surface area contributed by atoms with E-state index in [-0.39, 0.29) is 5.54 Å². The summed E-state index contributed by atoms with van der Waals surface area (Å²) >= 11 is 3.52. The topological polar surface area (TPSA) is 12.4 Å². The Balaban J connectivity index is 2.19. The van der Waals surface area contributed by atoms with Crippen LogP contribution in [-0.2, 0) is 5.54 Å². The fourth-order valence-electron chi connectivity index (χ4n) is 2.34. The molecule has 3 rings (SSSR count). The molecule has 84 valence electrons. The summed E-state index contributed by atoms with van der Waals surface area (Å²) in [5.41, 5.74) is 3.46. The van der Waals surface area contributed by atoms with Crippen molar-refractivity contribution in [3.63, 3.8) is 0 Å². The van der Waals surface area contributed by atoms with Crippen molar-refractivity contribution in [3.8, 4) is 0 Å². The van der Waals surface area contributed by atoms with E-state index in [1.807, 2.05) is 12.3 Å². The Bertz CT molecular complexity index is 603. The van der Waals surface area contributed by atoms with Gasteiger partial charge in [-0.2, -0.15) is 0 Å². The molecule has 1 nitrogen and oxygen atoms in total. The van der Waals surface area contributed by atoms with Gasteiger partial charge in [-0.3, -0.25) is 4.99 Å². The zero-order chi connectivity index (χ0) is 11.9. The molecule has 0 bridgehead atoms. The van der Waals surface area contributed by atoms with Gasteiger partial charge in [0, 0.05) is 10.7 Å². The molecule has 0 aliphatic carbocycles. The Morgan fingerprint density at radius 2 is 1.88 bits per heavy atom. The van der Waals surface area contributed by atoms with E-state index in [0.29, 0.717) is 0 Å². The van der Waals surface area contributed by atoms with Crippen LogP contribution in [-0.4, -0.2) is 6.21 Å². The monoisotopic (exact) mass is 285 g/mol. The van der Waals surface area contributed by atoms with E-state index in [1.54, 1.807) is 0 Å². The van der Waals surface area contributed by atoms with Gasteiger partial charge in [-0.25, -0.2) is 0 Å². The number of benzene rings is 2. The first-order valence-corrected chi connectivity index (χ1v) is 6.40. The third-order valence-corrected chi connectivity index (χ3v) is 3.83. The van der Waals surface area contributed by atoms with Crippen LogP contribution in [0.4, 0.5) is 0 Å². The third-order valence-electron chi connectivity index (χ3n) is 3.33. The van der Waals surface area contributed by atoms with Crippen LogP contribution in [0.1, 0.15) is 23.6 Å². The fraction of sp³-hybridized carbons (Fsp3) is 0.133. The van der Waals surface area contributed by atoms with Gasteiger partial charge in [0.25, 0.3) is 0 Å². The number of fused-ring (bicyclic) bond motifs is 1. The quantitative estimate of drug-likeness (QED) is 0.747. The summed E-state index contributed by atoms with van der Waals surface area (Å²) in [6, 6.07) is 16.8. The molecule has 0 spiro atoms. The zero-order valence-electron chi connectivity index (χ0n) is 9.52. The van der Waals surface area contributed by atoms with E-state index in [9.17, 15) is 0 Å². The number of halogens is 1. The minimum atomic E-state index is -0.250. The first-order valence-electron chi connectivity index (χ1n) is 5.61. The van der Waals surface area contributed by atoms with E-state index in [1.165, 1.54) is 16.7 Å². The second-order valence-corrected chi connectivity index (χ2v) is 5.34. The van der Waals surface area contributed by atoms with Gasteiger partial charge in [0.1, 0.15) is 5.54 Å². The van der Waals surface area contributed by atoms with Gasteiger partial charge in [0.2, 0.25) is 0 Å². The first-order chi connectivity index (χ1) is 8.20. The number of nitrogens with zero attached hydrogens (tertiary/aromatic N) is 1. The lowest BCUT2D eigenvalue weighted by atomic mass is 9.85. The molecular formula is C15H12BrN. The predicted octanol–water partition coefficient (Wildman–Crippen LogP) is 4.15. The lowest BCUT2D eigenvalue weighted by Gasteiger charge is -2.23. The van der Waals surface area contributed by atoms with Gasteiger partial charge in [-0.15, -0.1) is 0 Å². The number of hydrogen-bond acceptors (Lipinski definition) is 1. The summed E-state index contributed by atoms with van der Waals surface area (Å²) in [7, 11) is 0. The highest BCUT2D eigenvalue weighted by Gasteiger charge is 2.33. The van der Waals surface area contributed by atoms with Crippen LogP contribution < -0.4 is 0 Å². The smallest absolute Gasteiger partial charge is 0.108 e. The normalized spacial score (nSPS) is 21.5. The average molecular weight is 286 g/mol. The first kappa shape index (κ1) is 10.7. The van der Waals surface area contributed by atoms with E-state index < -0.39 is 0 Å². The summed E-state index contributed by atoms with van der Waals surface area (Å²) in [5.74, 6) is 0. The summed E-state index contributed by atoms with van der Waals surface area (Å²) < 4.78 is 1.09. The van der Waals surface area contributed by atoms with Crippen LogP contribution >= 0.6 is 15.9 Å². The highest BCUT2D eigenvalue weighted by atomic mass is 79.9. The van der Waals surface area contributed by atoms with Crippen LogP contribution in [0.3, 0.4) is 0 Å². The van der Waals surface area contributed by atoms with Gasteiger partial charge in [0.15, 0.2) is 0 Å². The molecule has 0 fully saturated rings. The average Bonchev–Trinajstić information content (AvgIpc) is 2.69. The van der Waals surface area contributed by atoms with Gasteiger partial charge in [-0.05, 0) is 35.7 Å². The van der Waals surface area contributed by atoms with Crippen LogP contribution in [0.5, 0.6) is 0 Å². The minimum Gasteiger partial charge on any atom is -0.277 e. The maximum atomic E-state index is 4.70. The zero-order valence-corrected chi connectivity index (χ0v) is 11.1. The molecule has 1 heterocycles. The second-order valence-electron chi connectivity index (χ2n) is 4.43. The number of aliphatic imine (C=N–C) groups is 1. The standard InChI is InChI=1S/C15H12BrN/c1-15(12-6-4-7-13(16)9-12)14-8-3-2-5-11(14)10-17-15/h2-10H,1H3. The Labute approximate surface area is 109 Å². The van der Waals surface area contributed by atoms with Crippen molar-refractivity contribution in [1.29, 1.82) is 0 Å². The van der Waals surface area contributed by atoms with Gasteiger partial charge < -0.3 is 0 Å². The molecule has 0 saturated heterocycles. The molecule has 0 amide bonds. The summed E-state index contributed by atoms with van der Waals surface area (Å²) in [5, 5.41) is 0. The Hall–Kier alpha value is -1.41. The largest absolute Gasteiger partial charge is 0.277 e. The second kappa shape index (κ2) is 3.81. The molecule has 0 aromatic heterocycles. The molecule has 0 radical (unpaired) electrons. The summed E-state index contributed by atoms with van der Waals surface area (Å²) in [4.78, 5) is 4.70. The predicted molar refractivity (Wildman–Crippen MR) is 74.6 cm³/mol. The number of hydrogen-bond donors (Lipinski definition) is 0. The van der Waals surface area contributed by atoms with Crippen molar-refractivity contribution in [2.45, 2.75) is 12.5 Å². The van der Waals surface area contributed by atoms with E-state index >= 15 is 0 Å². The molecule has 1 unspecified atom stereocenters. The maximum absolute atomic E-state index is 4.70. The Kier molecular flexibility index (Phi) is 2.40. The van der Waals surface area contributed by atoms with Crippen molar-refractivity contribution in [3.05, 3.63) is 69.7 Å². The molecular weight excluding hydrogens is 274 g/mol. The highest BCUT2D eigenvalue weighted by molar-refractivity contribution is 9.10. The molecule has 17 heavy (non-hydrogen) atoms. The van der Waals surface area contributed by atoms with E-state index in [2.05, 4.69) is 65.3 Å². The molecule has 2 aromatic rings. The van der Waals surface area contributed by atoms with Crippen LogP contribution in [0.15, 0.2) is 58.0 Å². The summed E-state index contributed by atoms with van der Waals surface area (Å²) in [6.07, 6.45) is 1.97. The van der Waals surface area contributed by atoms with Crippen molar-refractivity contribution in [1.82, 2.24) is 0 Å². The Morgan fingerprint density at radius 3 is 2.71 bits per heavy atom. The van der Waals surface area contributed by atoms with Crippen molar-refractivity contribution in [2.75, 3.05) is 0 Å². The molecule has 2 aromatic carbocycles. The maximum Gasteiger partial charge on any atom is 0.108 e. The molecule has 2 heteroatoms. The van der Waals surface area contributed by atoms with Crippen molar-refractivity contribution >= 4 is 22.1 Å². The van der Waals surface area contributed by atoms with Crippen LogP contribution in [0.2, 0.25) is 0 Å². The molecule has 0 N–H and O–H groups in total. The van der Waals surface area contributed by atoms with Gasteiger partial charge >= 0.3 is 0 Å². The lowest BCUT2D eigenvalue weighted by Crippen LogP contribution is -2.18. The molecule has 0 saturated carbocycles. The van der Waals surface area contributed by atoms with E-state index in [4.69, 9.17) is 4.99 Å². The summed E-state index contributed by atoms with van der Waals surface area (Å²) in [6.45, 7) is 2.16. The van der Waals surface area contributed by atoms with Crippen molar-refractivity contribution < 1.29 is 0 Å². The molecule has 1 aliphatic rings. The third kappa shape index (κ3) is 1.64. The van der Waals surface area contributed by atoms with Crippen LogP contribution in [0, 0.1) is 0 Å². The lowest BCUT2D eigenvalue weighted by molar-refractivity contribution is 0.622. The van der Waals surface area contributed by atoms with E-state index in [0.717, 1.165) is 4.47 Å². The fourth-order valence-corrected chi connectivity index (χ4v) is 2.74. The highest BCUT2D eigenvalue weighted by Crippen LogP contribution is 2.39. The number of rotatable bonds is 1.